The molecule has 0 aliphatic heterocycles. The Balaban J connectivity index is 2.14. The molecule has 1 fully saturated rings. The monoisotopic (exact) mass is 250 g/mol. The molecule has 0 spiro atoms. The first-order valence-electron chi connectivity index (χ1n) is 6.27. The highest BCUT2D eigenvalue weighted by Gasteiger charge is 2.22. The zero-order valence-corrected chi connectivity index (χ0v) is 10.5. The summed E-state index contributed by atoms with van der Waals surface area (Å²) in [4.78, 5) is 16.4. The van der Waals surface area contributed by atoms with Crippen LogP contribution in [0.5, 0.6) is 0 Å². The lowest BCUT2D eigenvalue weighted by atomic mass is 9.85. The molecule has 0 radical (unpaired) electrons. The third-order valence-electron chi connectivity index (χ3n) is 3.49. The minimum atomic E-state index is -0.506. The van der Waals surface area contributed by atoms with Crippen molar-refractivity contribution in [3.05, 3.63) is 22.2 Å². The van der Waals surface area contributed by atoms with Crippen molar-refractivity contribution < 1.29 is 4.92 Å². The van der Waals surface area contributed by atoms with Gasteiger partial charge in [-0.05, 0) is 31.7 Å². The largest absolute Gasteiger partial charge is 0.378 e. The number of nitro groups is 1. The van der Waals surface area contributed by atoms with Crippen molar-refractivity contribution >= 4 is 17.3 Å². The van der Waals surface area contributed by atoms with Gasteiger partial charge in [-0.25, -0.2) is 4.98 Å². The van der Waals surface area contributed by atoms with E-state index < -0.39 is 4.92 Å². The normalized spacial score (nSPS) is 15.2. The number of nitrogens with two attached hydrogens (primary N) is 1. The van der Waals surface area contributed by atoms with Crippen molar-refractivity contribution in [2.24, 2.45) is 5.92 Å². The summed E-state index contributed by atoms with van der Waals surface area (Å²) in [7, 11) is 0. The molecular weight excluding hydrogens is 232 g/mol. The first-order valence-corrected chi connectivity index (χ1v) is 6.27. The first kappa shape index (κ1) is 12.6. The molecule has 0 aromatic carbocycles. The number of nitrogen functional groups attached to an aromatic ring is 1. The molecule has 2 N–H and O–H groups in total. The van der Waals surface area contributed by atoms with E-state index in [9.17, 15) is 10.1 Å². The highest BCUT2D eigenvalue weighted by Crippen LogP contribution is 2.29. The SMILES string of the molecule is CCN(CC1CCC1)c1ccc([N+](=O)[O-])c(N)n1. The summed E-state index contributed by atoms with van der Waals surface area (Å²) < 4.78 is 0. The standard InChI is InChI=1S/C12H18N4O2/c1-2-15(8-9-4-3-5-9)11-7-6-10(16(17)18)12(13)14-11/h6-7,9H,2-5,8H2,1H3,(H2,13,14). The maximum atomic E-state index is 10.7. The van der Waals surface area contributed by atoms with E-state index >= 15 is 0 Å². The Labute approximate surface area is 106 Å². The fraction of sp³-hybridized carbons (Fsp3) is 0.583. The van der Waals surface area contributed by atoms with Crippen LogP contribution in [0.3, 0.4) is 0 Å². The van der Waals surface area contributed by atoms with E-state index in [-0.39, 0.29) is 11.5 Å². The first-order chi connectivity index (χ1) is 8.61. The fourth-order valence-corrected chi connectivity index (χ4v) is 2.16. The smallest absolute Gasteiger partial charge is 0.311 e. The van der Waals surface area contributed by atoms with Gasteiger partial charge in [-0.1, -0.05) is 6.42 Å². The van der Waals surface area contributed by atoms with E-state index in [2.05, 4.69) is 16.8 Å². The predicted octanol–water partition coefficient (Wildman–Crippen LogP) is 2.20. The van der Waals surface area contributed by atoms with E-state index in [0.29, 0.717) is 0 Å². The van der Waals surface area contributed by atoms with Gasteiger partial charge in [0, 0.05) is 19.2 Å². The lowest BCUT2D eigenvalue weighted by Crippen LogP contribution is -2.33. The average Bonchev–Trinajstić information content (AvgIpc) is 2.27. The molecular formula is C12H18N4O2. The Kier molecular flexibility index (Phi) is 3.64. The third-order valence-corrected chi connectivity index (χ3v) is 3.49. The topological polar surface area (TPSA) is 85.3 Å². The number of rotatable bonds is 5. The summed E-state index contributed by atoms with van der Waals surface area (Å²) in [6.45, 7) is 3.85. The van der Waals surface area contributed by atoms with Gasteiger partial charge in [0.2, 0.25) is 5.82 Å². The Bertz CT molecular complexity index is 446. The quantitative estimate of drug-likeness (QED) is 0.639. The molecule has 1 aromatic rings. The number of anilines is 2. The second kappa shape index (κ2) is 5.20. The van der Waals surface area contributed by atoms with E-state index in [1.54, 1.807) is 6.07 Å². The Morgan fingerprint density at radius 3 is 2.72 bits per heavy atom. The number of hydrogen-bond acceptors (Lipinski definition) is 5. The number of pyridine rings is 1. The van der Waals surface area contributed by atoms with Crippen molar-refractivity contribution in [1.82, 2.24) is 4.98 Å². The van der Waals surface area contributed by atoms with Crippen LogP contribution in [0.2, 0.25) is 0 Å². The van der Waals surface area contributed by atoms with Crippen LogP contribution in [0.4, 0.5) is 17.3 Å². The number of hydrogen-bond donors (Lipinski definition) is 1. The van der Waals surface area contributed by atoms with Gasteiger partial charge in [0.05, 0.1) is 4.92 Å². The van der Waals surface area contributed by atoms with Gasteiger partial charge in [-0.2, -0.15) is 0 Å². The van der Waals surface area contributed by atoms with Gasteiger partial charge in [0.1, 0.15) is 5.82 Å². The van der Waals surface area contributed by atoms with Crippen molar-refractivity contribution in [2.75, 3.05) is 23.7 Å². The molecule has 1 saturated carbocycles. The lowest BCUT2D eigenvalue weighted by molar-refractivity contribution is -0.384. The molecule has 0 atom stereocenters. The highest BCUT2D eigenvalue weighted by molar-refractivity contribution is 5.57. The van der Waals surface area contributed by atoms with Crippen LogP contribution in [0.25, 0.3) is 0 Å². The van der Waals surface area contributed by atoms with E-state index in [0.717, 1.165) is 24.8 Å². The van der Waals surface area contributed by atoms with Gasteiger partial charge in [-0.15, -0.1) is 0 Å². The van der Waals surface area contributed by atoms with Crippen molar-refractivity contribution in [3.8, 4) is 0 Å². The van der Waals surface area contributed by atoms with Crippen LogP contribution >= 0.6 is 0 Å². The molecule has 6 heteroatoms. The lowest BCUT2D eigenvalue weighted by Gasteiger charge is -2.32. The summed E-state index contributed by atoms with van der Waals surface area (Å²) >= 11 is 0. The predicted molar refractivity (Wildman–Crippen MR) is 70.5 cm³/mol. The van der Waals surface area contributed by atoms with Crippen LogP contribution < -0.4 is 10.6 Å². The molecule has 1 aromatic heterocycles. The number of aromatic nitrogens is 1. The van der Waals surface area contributed by atoms with Gasteiger partial charge >= 0.3 is 5.69 Å². The van der Waals surface area contributed by atoms with E-state index in [4.69, 9.17) is 5.73 Å². The highest BCUT2D eigenvalue weighted by atomic mass is 16.6. The van der Waals surface area contributed by atoms with Crippen LogP contribution in [-0.4, -0.2) is 23.0 Å². The number of nitrogens with zero attached hydrogens (tertiary/aromatic N) is 3. The maximum absolute atomic E-state index is 10.7. The van der Waals surface area contributed by atoms with Gasteiger partial charge in [-0.3, -0.25) is 10.1 Å². The maximum Gasteiger partial charge on any atom is 0.311 e. The van der Waals surface area contributed by atoms with Gasteiger partial charge in [0.25, 0.3) is 0 Å². The van der Waals surface area contributed by atoms with Crippen LogP contribution in [0.1, 0.15) is 26.2 Å². The Hall–Kier alpha value is -1.85. The molecule has 2 rings (SSSR count). The van der Waals surface area contributed by atoms with Crippen LogP contribution in [0.15, 0.2) is 12.1 Å². The second-order valence-corrected chi connectivity index (χ2v) is 4.67. The van der Waals surface area contributed by atoms with Crippen molar-refractivity contribution in [3.63, 3.8) is 0 Å². The Morgan fingerprint density at radius 1 is 1.56 bits per heavy atom. The van der Waals surface area contributed by atoms with E-state index in [1.165, 1.54) is 25.3 Å². The summed E-state index contributed by atoms with van der Waals surface area (Å²) in [6.07, 6.45) is 3.83. The Morgan fingerprint density at radius 2 is 2.28 bits per heavy atom. The molecule has 1 heterocycles. The second-order valence-electron chi connectivity index (χ2n) is 4.67. The summed E-state index contributed by atoms with van der Waals surface area (Å²) in [5.41, 5.74) is 5.49. The minimum Gasteiger partial charge on any atom is -0.378 e. The van der Waals surface area contributed by atoms with E-state index in [1.807, 2.05) is 0 Å². The molecule has 0 amide bonds. The average molecular weight is 250 g/mol. The summed E-state index contributed by atoms with van der Waals surface area (Å²) in [5.74, 6) is 1.44. The molecule has 1 aliphatic rings. The van der Waals surface area contributed by atoms with Gasteiger partial charge in [0.15, 0.2) is 0 Å². The fourth-order valence-electron chi connectivity index (χ4n) is 2.16. The molecule has 0 unspecified atom stereocenters. The molecule has 0 bridgehead atoms. The molecule has 18 heavy (non-hydrogen) atoms. The van der Waals surface area contributed by atoms with Crippen LogP contribution in [0, 0.1) is 16.0 Å². The summed E-state index contributed by atoms with van der Waals surface area (Å²) in [6, 6.07) is 3.11. The van der Waals surface area contributed by atoms with Crippen molar-refractivity contribution in [1.29, 1.82) is 0 Å². The molecule has 6 nitrogen and oxygen atoms in total. The third kappa shape index (κ3) is 2.52. The van der Waals surface area contributed by atoms with Gasteiger partial charge < -0.3 is 10.6 Å². The zero-order valence-electron chi connectivity index (χ0n) is 10.5. The molecule has 98 valence electrons. The molecule has 1 aliphatic carbocycles. The van der Waals surface area contributed by atoms with Crippen LogP contribution in [-0.2, 0) is 0 Å². The van der Waals surface area contributed by atoms with Crippen molar-refractivity contribution in [2.45, 2.75) is 26.2 Å². The molecule has 0 saturated heterocycles. The summed E-state index contributed by atoms with van der Waals surface area (Å²) in [5, 5.41) is 10.7. The zero-order chi connectivity index (χ0) is 13.1. The minimum absolute atomic E-state index is 0.00967.